The van der Waals surface area contributed by atoms with E-state index >= 15 is 0 Å². The average Bonchev–Trinajstić information content (AvgIpc) is 2.32. The summed E-state index contributed by atoms with van der Waals surface area (Å²) in [6, 6.07) is 0. The van der Waals surface area contributed by atoms with Crippen LogP contribution in [0.25, 0.3) is 0 Å². The van der Waals surface area contributed by atoms with Gasteiger partial charge in [0.2, 0.25) is 0 Å². The Balaban J connectivity index is 1.84. The molecule has 0 atom stereocenters. The van der Waals surface area contributed by atoms with Crippen LogP contribution < -0.4 is 0 Å². The van der Waals surface area contributed by atoms with Gasteiger partial charge in [-0.05, 0) is 36.8 Å². The maximum Gasteiger partial charge on any atom is 0.0636 e. The molecule has 0 radical (unpaired) electrons. The molecule has 1 nitrogen and oxygen atoms in total. The van der Waals surface area contributed by atoms with Crippen LogP contribution in [0.15, 0.2) is 52.6 Å². The van der Waals surface area contributed by atoms with E-state index < -0.39 is 0 Å². The van der Waals surface area contributed by atoms with Crippen molar-refractivity contribution in [3.8, 4) is 0 Å². The van der Waals surface area contributed by atoms with Gasteiger partial charge < -0.3 is 0 Å². The average molecular weight is 199 g/mol. The summed E-state index contributed by atoms with van der Waals surface area (Å²) in [6.45, 7) is 0.821. The highest BCUT2D eigenvalue weighted by Gasteiger charge is 1.96. The molecule has 0 aromatic heterocycles. The summed E-state index contributed by atoms with van der Waals surface area (Å²) in [6.07, 6.45) is 20.0. The molecule has 0 heterocycles. The molecule has 2 aliphatic carbocycles. The van der Waals surface area contributed by atoms with Crippen LogP contribution >= 0.6 is 0 Å². The highest BCUT2D eigenvalue weighted by molar-refractivity contribution is 5.82. The molecule has 0 aromatic rings. The fraction of sp³-hybridized carbons (Fsp3) is 0.357. The maximum absolute atomic E-state index is 4.45. The monoisotopic (exact) mass is 199 g/mol. The van der Waals surface area contributed by atoms with Crippen molar-refractivity contribution in [2.24, 2.45) is 4.99 Å². The first kappa shape index (κ1) is 10.2. The van der Waals surface area contributed by atoms with Gasteiger partial charge in [-0.15, -0.1) is 0 Å². The van der Waals surface area contributed by atoms with E-state index in [1.807, 2.05) is 6.21 Å². The van der Waals surface area contributed by atoms with Crippen LogP contribution in [0.4, 0.5) is 0 Å². The quantitative estimate of drug-likeness (QED) is 0.616. The van der Waals surface area contributed by atoms with Crippen molar-refractivity contribution in [3.63, 3.8) is 0 Å². The normalized spacial score (nSPS) is 20.5. The SMILES string of the molecule is C1=CC(C=NCC2=CCCC=C2)=CCC1. The zero-order valence-electron chi connectivity index (χ0n) is 9.02. The Morgan fingerprint density at radius 3 is 2.47 bits per heavy atom. The lowest BCUT2D eigenvalue weighted by Crippen LogP contribution is -1.92. The molecule has 0 saturated heterocycles. The summed E-state index contributed by atoms with van der Waals surface area (Å²) in [4.78, 5) is 4.45. The summed E-state index contributed by atoms with van der Waals surface area (Å²) >= 11 is 0. The van der Waals surface area contributed by atoms with Gasteiger partial charge in [0.25, 0.3) is 0 Å². The van der Waals surface area contributed by atoms with Gasteiger partial charge >= 0.3 is 0 Å². The van der Waals surface area contributed by atoms with Crippen LogP contribution in [0.2, 0.25) is 0 Å². The van der Waals surface area contributed by atoms with Crippen molar-refractivity contribution in [2.45, 2.75) is 25.7 Å². The standard InChI is InChI=1S/C14H17N/c1-3-7-13(8-4-1)11-15-12-14-9-5-2-6-10-14/h3,5,7-11H,1-2,4,6,12H2. The Bertz CT molecular complexity index is 354. The van der Waals surface area contributed by atoms with E-state index in [-0.39, 0.29) is 0 Å². The molecule has 78 valence electrons. The molecule has 0 unspecified atom stereocenters. The van der Waals surface area contributed by atoms with Crippen LogP contribution in [0.1, 0.15) is 25.7 Å². The molecule has 0 aromatic carbocycles. The molecular formula is C14H17N. The maximum atomic E-state index is 4.45. The highest BCUT2D eigenvalue weighted by Crippen LogP contribution is 2.10. The van der Waals surface area contributed by atoms with Crippen molar-refractivity contribution in [3.05, 3.63) is 47.6 Å². The number of allylic oxidation sites excluding steroid dienone is 6. The summed E-state index contributed by atoms with van der Waals surface area (Å²) in [5, 5.41) is 0. The Morgan fingerprint density at radius 1 is 1.00 bits per heavy atom. The lowest BCUT2D eigenvalue weighted by atomic mass is 10.1. The summed E-state index contributed by atoms with van der Waals surface area (Å²) in [5.41, 5.74) is 2.60. The minimum atomic E-state index is 0.821. The van der Waals surface area contributed by atoms with E-state index in [2.05, 4.69) is 41.4 Å². The van der Waals surface area contributed by atoms with Gasteiger partial charge in [-0.2, -0.15) is 0 Å². The van der Waals surface area contributed by atoms with Crippen LogP contribution in [0.3, 0.4) is 0 Å². The van der Waals surface area contributed by atoms with E-state index in [4.69, 9.17) is 0 Å². The van der Waals surface area contributed by atoms with Gasteiger partial charge in [-0.3, -0.25) is 4.99 Å². The Morgan fingerprint density at radius 2 is 1.80 bits per heavy atom. The fourth-order valence-electron chi connectivity index (χ4n) is 1.77. The second kappa shape index (κ2) is 5.50. The molecule has 2 rings (SSSR count). The molecule has 0 N–H and O–H groups in total. The van der Waals surface area contributed by atoms with E-state index in [1.54, 1.807) is 0 Å². The smallest absolute Gasteiger partial charge is 0.0636 e. The predicted molar refractivity (Wildman–Crippen MR) is 66.3 cm³/mol. The summed E-state index contributed by atoms with van der Waals surface area (Å²) in [5.74, 6) is 0. The molecule has 2 aliphatic rings. The van der Waals surface area contributed by atoms with E-state index in [0.717, 1.165) is 13.0 Å². The molecule has 0 spiro atoms. The Labute approximate surface area is 91.6 Å². The fourth-order valence-corrected chi connectivity index (χ4v) is 1.77. The van der Waals surface area contributed by atoms with Gasteiger partial charge in [0.1, 0.15) is 0 Å². The van der Waals surface area contributed by atoms with Crippen molar-refractivity contribution in [1.29, 1.82) is 0 Å². The van der Waals surface area contributed by atoms with Gasteiger partial charge in [0.05, 0.1) is 6.54 Å². The third-order valence-corrected chi connectivity index (χ3v) is 2.61. The van der Waals surface area contributed by atoms with E-state index in [9.17, 15) is 0 Å². The minimum Gasteiger partial charge on any atom is -0.288 e. The second-order valence-corrected chi connectivity index (χ2v) is 3.91. The number of nitrogens with zero attached hydrogens (tertiary/aromatic N) is 1. The van der Waals surface area contributed by atoms with Crippen molar-refractivity contribution in [1.82, 2.24) is 0 Å². The highest BCUT2D eigenvalue weighted by atomic mass is 14.7. The van der Waals surface area contributed by atoms with Crippen molar-refractivity contribution < 1.29 is 0 Å². The van der Waals surface area contributed by atoms with Crippen molar-refractivity contribution in [2.75, 3.05) is 6.54 Å². The third kappa shape index (κ3) is 3.35. The zero-order chi connectivity index (χ0) is 10.3. The molecule has 0 saturated carbocycles. The second-order valence-electron chi connectivity index (χ2n) is 3.91. The third-order valence-electron chi connectivity index (χ3n) is 2.61. The molecule has 0 amide bonds. The summed E-state index contributed by atoms with van der Waals surface area (Å²) < 4.78 is 0. The molecule has 1 heteroatoms. The first-order valence-corrected chi connectivity index (χ1v) is 5.67. The first-order valence-electron chi connectivity index (χ1n) is 5.67. The van der Waals surface area contributed by atoms with Crippen LogP contribution in [0, 0.1) is 0 Å². The lowest BCUT2D eigenvalue weighted by molar-refractivity contribution is 0.996. The number of hydrogen-bond donors (Lipinski definition) is 0. The zero-order valence-corrected chi connectivity index (χ0v) is 9.02. The molecule has 0 bridgehead atoms. The van der Waals surface area contributed by atoms with Crippen molar-refractivity contribution >= 4 is 6.21 Å². The molecule has 0 fully saturated rings. The van der Waals surface area contributed by atoms with Gasteiger partial charge in [-0.1, -0.05) is 36.5 Å². The lowest BCUT2D eigenvalue weighted by Gasteiger charge is -2.03. The largest absolute Gasteiger partial charge is 0.288 e. The van der Waals surface area contributed by atoms with Gasteiger partial charge in [-0.25, -0.2) is 0 Å². The van der Waals surface area contributed by atoms with Crippen LogP contribution in [-0.4, -0.2) is 12.8 Å². The molecular weight excluding hydrogens is 182 g/mol. The number of hydrogen-bond acceptors (Lipinski definition) is 1. The van der Waals surface area contributed by atoms with Crippen LogP contribution in [0.5, 0.6) is 0 Å². The van der Waals surface area contributed by atoms with Gasteiger partial charge in [0.15, 0.2) is 0 Å². The summed E-state index contributed by atoms with van der Waals surface area (Å²) in [7, 11) is 0. The predicted octanol–water partition coefficient (Wildman–Crippen LogP) is 3.61. The Kier molecular flexibility index (Phi) is 3.72. The molecule has 15 heavy (non-hydrogen) atoms. The Hall–Kier alpha value is -1.37. The van der Waals surface area contributed by atoms with Gasteiger partial charge in [0, 0.05) is 6.21 Å². The van der Waals surface area contributed by atoms with E-state index in [1.165, 1.54) is 30.4 Å². The first-order chi connectivity index (χ1) is 7.45. The number of aliphatic imine (C=N–C) groups is 1. The molecule has 0 aliphatic heterocycles. The van der Waals surface area contributed by atoms with Crippen LogP contribution in [-0.2, 0) is 0 Å². The minimum absolute atomic E-state index is 0.821. The van der Waals surface area contributed by atoms with E-state index in [0.29, 0.717) is 0 Å². The topological polar surface area (TPSA) is 12.4 Å². The number of rotatable bonds is 3.